The summed E-state index contributed by atoms with van der Waals surface area (Å²) in [5.74, 6) is -1.22. The van der Waals surface area contributed by atoms with Gasteiger partial charge in [0.2, 0.25) is 10.0 Å². The van der Waals surface area contributed by atoms with Crippen LogP contribution < -0.4 is 9.46 Å². The van der Waals surface area contributed by atoms with E-state index >= 15 is 0 Å². The van der Waals surface area contributed by atoms with Crippen LogP contribution in [-0.4, -0.2) is 38.6 Å². The summed E-state index contributed by atoms with van der Waals surface area (Å²) in [4.78, 5) is 10.4. The van der Waals surface area contributed by atoms with Gasteiger partial charge in [-0.1, -0.05) is 0 Å². The van der Waals surface area contributed by atoms with Crippen molar-refractivity contribution in [2.24, 2.45) is 0 Å². The third-order valence-electron chi connectivity index (χ3n) is 2.21. The molecule has 0 unspecified atom stereocenters. The molecule has 0 saturated carbocycles. The molecular weight excluding hydrogens is 296 g/mol. The molecule has 0 bridgehead atoms. The predicted octanol–water partition coefficient (Wildman–Crippen LogP) is 1.08. The highest BCUT2D eigenvalue weighted by molar-refractivity contribution is 7.89. The Morgan fingerprint density at radius 2 is 1.90 bits per heavy atom. The van der Waals surface area contributed by atoms with Crippen LogP contribution in [0.2, 0.25) is 0 Å². The van der Waals surface area contributed by atoms with Crippen molar-refractivity contribution in [2.45, 2.75) is 24.3 Å². The second-order valence-corrected chi connectivity index (χ2v) is 5.57. The summed E-state index contributed by atoms with van der Waals surface area (Å²) in [5.41, 5.74) is 0. The first kappa shape index (κ1) is 16.3. The van der Waals surface area contributed by atoms with Crippen LogP contribution in [0.4, 0.5) is 8.78 Å². The van der Waals surface area contributed by atoms with Gasteiger partial charge in [0.15, 0.2) is 0 Å². The SMILES string of the molecule is C[C@H](NS(=O)(=O)c1ccc(OCC(F)F)cc1)C(=O)O. The van der Waals surface area contributed by atoms with Crippen LogP contribution in [0.25, 0.3) is 0 Å². The van der Waals surface area contributed by atoms with Crippen LogP contribution in [0, 0.1) is 0 Å². The number of hydrogen-bond acceptors (Lipinski definition) is 4. The number of rotatable bonds is 7. The van der Waals surface area contributed by atoms with E-state index in [-0.39, 0.29) is 10.6 Å². The molecular formula is C11H13F2NO5S. The van der Waals surface area contributed by atoms with Gasteiger partial charge in [-0.3, -0.25) is 4.79 Å². The molecule has 6 nitrogen and oxygen atoms in total. The minimum Gasteiger partial charge on any atom is -0.488 e. The molecule has 1 aromatic carbocycles. The third-order valence-corrected chi connectivity index (χ3v) is 3.77. The van der Waals surface area contributed by atoms with Gasteiger partial charge in [0.1, 0.15) is 18.4 Å². The van der Waals surface area contributed by atoms with E-state index in [0.29, 0.717) is 0 Å². The van der Waals surface area contributed by atoms with Gasteiger partial charge in [0.25, 0.3) is 6.43 Å². The number of ether oxygens (including phenoxy) is 1. The summed E-state index contributed by atoms with van der Waals surface area (Å²) in [6, 6.07) is 3.41. The van der Waals surface area contributed by atoms with E-state index < -0.39 is 35.1 Å². The number of carbonyl (C=O) groups is 1. The van der Waals surface area contributed by atoms with E-state index in [1.807, 2.05) is 4.72 Å². The van der Waals surface area contributed by atoms with E-state index in [9.17, 15) is 22.0 Å². The average molecular weight is 309 g/mol. The van der Waals surface area contributed by atoms with Gasteiger partial charge in [-0.2, -0.15) is 4.72 Å². The number of carboxylic acids is 1. The highest BCUT2D eigenvalue weighted by Crippen LogP contribution is 2.16. The average Bonchev–Trinajstić information content (AvgIpc) is 2.36. The van der Waals surface area contributed by atoms with E-state index in [1.165, 1.54) is 19.1 Å². The molecule has 20 heavy (non-hydrogen) atoms. The Hall–Kier alpha value is -1.74. The molecule has 0 radical (unpaired) electrons. The van der Waals surface area contributed by atoms with Crippen LogP contribution >= 0.6 is 0 Å². The molecule has 0 aromatic heterocycles. The molecule has 0 saturated heterocycles. The zero-order chi connectivity index (χ0) is 15.3. The first-order chi connectivity index (χ1) is 9.22. The van der Waals surface area contributed by atoms with E-state index in [0.717, 1.165) is 12.1 Å². The number of sulfonamides is 1. The summed E-state index contributed by atoms with van der Waals surface area (Å²) < 4.78 is 54.1. The summed E-state index contributed by atoms with van der Waals surface area (Å²) in [6.45, 7) is 0.389. The molecule has 112 valence electrons. The van der Waals surface area contributed by atoms with E-state index in [2.05, 4.69) is 0 Å². The van der Waals surface area contributed by atoms with Gasteiger partial charge < -0.3 is 9.84 Å². The number of benzene rings is 1. The maximum Gasteiger partial charge on any atom is 0.321 e. The van der Waals surface area contributed by atoms with Crippen molar-refractivity contribution in [3.05, 3.63) is 24.3 Å². The summed E-state index contributed by atoms with van der Waals surface area (Å²) in [7, 11) is -3.99. The van der Waals surface area contributed by atoms with Crippen molar-refractivity contribution >= 4 is 16.0 Å². The number of nitrogens with one attached hydrogen (secondary N) is 1. The standard InChI is InChI=1S/C11H13F2NO5S/c1-7(11(15)16)14-20(17,18)9-4-2-8(3-5-9)19-6-10(12)13/h2-5,7,10,14H,6H2,1H3,(H,15,16)/t7-/m0/s1. The Bertz CT molecular complexity index is 559. The maximum absolute atomic E-state index is 11.9. The fourth-order valence-electron chi connectivity index (χ4n) is 1.23. The summed E-state index contributed by atoms with van der Waals surface area (Å²) in [6.07, 6.45) is -2.63. The van der Waals surface area contributed by atoms with Crippen LogP contribution in [0.5, 0.6) is 5.75 Å². The number of carboxylic acid groups (broad SMARTS) is 1. The number of hydrogen-bond donors (Lipinski definition) is 2. The number of alkyl halides is 2. The number of halogens is 2. The zero-order valence-electron chi connectivity index (χ0n) is 10.4. The molecule has 1 rings (SSSR count). The van der Waals surface area contributed by atoms with Crippen LogP contribution in [0.3, 0.4) is 0 Å². The van der Waals surface area contributed by atoms with Crippen molar-refractivity contribution in [3.63, 3.8) is 0 Å². The first-order valence-electron chi connectivity index (χ1n) is 5.48. The van der Waals surface area contributed by atoms with Crippen molar-refractivity contribution in [2.75, 3.05) is 6.61 Å². The highest BCUT2D eigenvalue weighted by atomic mass is 32.2. The van der Waals surface area contributed by atoms with Gasteiger partial charge in [0, 0.05) is 0 Å². The van der Waals surface area contributed by atoms with Crippen LogP contribution in [-0.2, 0) is 14.8 Å². The zero-order valence-corrected chi connectivity index (χ0v) is 11.2. The molecule has 0 amide bonds. The van der Waals surface area contributed by atoms with Gasteiger partial charge in [-0.15, -0.1) is 0 Å². The predicted molar refractivity (Wildman–Crippen MR) is 65.4 cm³/mol. The monoisotopic (exact) mass is 309 g/mol. The van der Waals surface area contributed by atoms with Gasteiger partial charge in [-0.25, -0.2) is 17.2 Å². The molecule has 9 heteroatoms. The summed E-state index contributed by atoms with van der Waals surface area (Å²) in [5, 5.41) is 8.64. The smallest absolute Gasteiger partial charge is 0.321 e. The molecule has 0 spiro atoms. The molecule has 1 atom stereocenters. The fourth-order valence-corrected chi connectivity index (χ4v) is 2.42. The van der Waals surface area contributed by atoms with Crippen molar-refractivity contribution < 1.29 is 31.8 Å². The van der Waals surface area contributed by atoms with Gasteiger partial charge in [-0.05, 0) is 31.2 Å². The maximum atomic E-state index is 11.9. The Kier molecular flexibility index (Phi) is 5.40. The number of aliphatic carboxylic acids is 1. The highest BCUT2D eigenvalue weighted by Gasteiger charge is 2.21. The molecule has 0 aliphatic heterocycles. The lowest BCUT2D eigenvalue weighted by molar-refractivity contribution is -0.138. The van der Waals surface area contributed by atoms with E-state index in [4.69, 9.17) is 9.84 Å². The lowest BCUT2D eigenvalue weighted by atomic mass is 10.3. The molecule has 0 heterocycles. The Balaban J connectivity index is 2.79. The molecule has 0 aliphatic carbocycles. The molecule has 0 fully saturated rings. The molecule has 0 aliphatic rings. The summed E-state index contributed by atoms with van der Waals surface area (Å²) >= 11 is 0. The normalized spacial score (nSPS) is 13.2. The Morgan fingerprint density at radius 3 is 2.35 bits per heavy atom. The van der Waals surface area contributed by atoms with Gasteiger partial charge in [0.05, 0.1) is 4.90 Å². The topological polar surface area (TPSA) is 92.7 Å². The minimum atomic E-state index is -3.99. The largest absolute Gasteiger partial charge is 0.488 e. The fraction of sp³-hybridized carbons (Fsp3) is 0.364. The van der Waals surface area contributed by atoms with Crippen molar-refractivity contribution in [1.82, 2.24) is 4.72 Å². The quantitative estimate of drug-likeness (QED) is 0.786. The van der Waals surface area contributed by atoms with Crippen LogP contribution in [0.1, 0.15) is 6.92 Å². The van der Waals surface area contributed by atoms with E-state index in [1.54, 1.807) is 0 Å². The first-order valence-corrected chi connectivity index (χ1v) is 6.97. The second-order valence-electron chi connectivity index (χ2n) is 3.85. The lowest BCUT2D eigenvalue weighted by Gasteiger charge is -2.11. The Labute approximate surface area is 114 Å². The van der Waals surface area contributed by atoms with Crippen molar-refractivity contribution in [3.8, 4) is 5.75 Å². The Morgan fingerprint density at radius 1 is 1.35 bits per heavy atom. The molecule has 2 N–H and O–H groups in total. The van der Waals surface area contributed by atoms with Crippen LogP contribution in [0.15, 0.2) is 29.2 Å². The minimum absolute atomic E-state index is 0.0931. The molecule has 1 aromatic rings. The third kappa shape index (κ3) is 4.74. The van der Waals surface area contributed by atoms with Crippen molar-refractivity contribution in [1.29, 1.82) is 0 Å². The second kappa shape index (κ2) is 6.62. The van der Waals surface area contributed by atoms with Gasteiger partial charge >= 0.3 is 5.97 Å². The lowest BCUT2D eigenvalue weighted by Crippen LogP contribution is -2.38.